The van der Waals surface area contributed by atoms with Crippen molar-refractivity contribution in [3.05, 3.63) is 47.5 Å². The highest BCUT2D eigenvalue weighted by Gasteiger charge is 2.00. The fourth-order valence-corrected chi connectivity index (χ4v) is 1.38. The second kappa shape index (κ2) is 4.83. The third-order valence-corrected chi connectivity index (χ3v) is 2.13. The molecule has 16 heavy (non-hydrogen) atoms. The quantitative estimate of drug-likeness (QED) is 0.634. The lowest BCUT2D eigenvalue weighted by atomic mass is 10.3. The molecule has 0 saturated carbocycles. The summed E-state index contributed by atoms with van der Waals surface area (Å²) in [5.74, 6) is 6.88. The lowest BCUT2D eigenvalue weighted by Gasteiger charge is -2.06. The van der Waals surface area contributed by atoms with Gasteiger partial charge in [-0.1, -0.05) is 23.7 Å². The van der Waals surface area contributed by atoms with Gasteiger partial charge in [0.15, 0.2) is 0 Å². The first-order valence-corrected chi connectivity index (χ1v) is 5.03. The highest BCUT2D eigenvalue weighted by molar-refractivity contribution is 6.30. The fraction of sp³-hybridized carbons (Fsp3) is 0. The van der Waals surface area contributed by atoms with Crippen molar-refractivity contribution in [3.63, 3.8) is 0 Å². The van der Waals surface area contributed by atoms with Gasteiger partial charge in [-0.25, -0.2) is 5.84 Å². The molecule has 3 N–H and O–H groups in total. The van der Waals surface area contributed by atoms with Crippen molar-refractivity contribution in [2.45, 2.75) is 0 Å². The molecule has 0 spiro atoms. The van der Waals surface area contributed by atoms with Crippen LogP contribution in [0.5, 0.6) is 11.6 Å². The minimum Gasteiger partial charge on any atom is -0.439 e. The number of nitrogens with one attached hydrogen (secondary N) is 1. The van der Waals surface area contributed by atoms with Crippen LogP contribution in [-0.2, 0) is 0 Å². The van der Waals surface area contributed by atoms with Crippen LogP contribution in [0.1, 0.15) is 0 Å². The van der Waals surface area contributed by atoms with E-state index in [9.17, 15) is 0 Å². The number of aromatic nitrogens is 1. The van der Waals surface area contributed by atoms with Crippen molar-refractivity contribution in [2.75, 3.05) is 5.43 Å². The molecule has 0 aliphatic rings. The molecule has 0 bridgehead atoms. The predicted molar refractivity (Wildman–Crippen MR) is 63.6 cm³/mol. The number of anilines is 1. The molecule has 0 unspecified atom stereocenters. The Morgan fingerprint density at radius 3 is 2.75 bits per heavy atom. The minimum atomic E-state index is 0.456. The Hall–Kier alpha value is -1.78. The number of hydrogen-bond donors (Lipinski definition) is 2. The van der Waals surface area contributed by atoms with Crippen LogP contribution in [0, 0.1) is 0 Å². The van der Waals surface area contributed by atoms with E-state index < -0.39 is 0 Å². The zero-order valence-corrected chi connectivity index (χ0v) is 9.11. The number of benzene rings is 1. The van der Waals surface area contributed by atoms with Gasteiger partial charge in [-0.3, -0.25) is 0 Å². The first kappa shape index (κ1) is 10.7. The lowest BCUT2D eigenvalue weighted by molar-refractivity contribution is 0.463. The minimum absolute atomic E-state index is 0.456. The second-order valence-corrected chi connectivity index (χ2v) is 3.50. The summed E-state index contributed by atoms with van der Waals surface area (Å²) in [6, 6.07) is 12.4. The van der Waals surface area contributed by atoms with Crippen LogP contribution in [0.25, 0.3) is 0 Å². The summed E-state index contributed by atoms with van der Waals surface area (Å²) in [6.07, 6.45) is 0. The highest BCUT2D eigenvalue weighted by atomic mass is 35.5. The standard InChI is InChI=1S/C11H10ClN3O/c12-8-3-1-4-9(7-8)16-11-6-2-5-10(14-11)15-13/h1-7H,13H2,(H,14,15). The van der Waals surface area contributed by atoms with Crippen molar-refractivity contribution in [2.24, 2.45) is 5.84 Å². The summed E-state index contributed by atoms with van der Waals surface area (Å²) < 4.78 is 5.51. The zero-order valence-electron chi connectivity index (χ0n) is 8.35. The molecular formula is C11H10ClN3O. The molecule has 5 heteroatoms. The van der Waals surface area contributed by atoms with Gasteiger partial charge in [0.2, 0.25) is 5.88 Å². The molecule has 1 aromatic heterocycles. The molecule has 2 aromatic rings. The second-order valence-electron chi connectivity index (χ2n) is 3.06. The third-order valence-electron chi connectivity index (χ3n) is 1.89. The average Bonchev–Trinajstić information content (AvgIpc) is 2.29. The van der Waals surface area contributed by atoms with E-state index in [0.717, 1.165) is 0 Å². The van der Waals surface area contributed by atoms with Gasteiger partial charge < -0.3 is 10.2 Å². The van der Waals surface area contributed by atoms with Crippen LogP contribution < -0.4 is 16.0 Å². The smallest absolute Gasteiger partial charge is 0.221 e. The number of halogens is 1. The largest absolute Gasteiger partial charge is 0.439 e. The highest BCUT2D eigenvalue weighted by Crippen LogP contribution is 2.23. The number of nitrogens with zero attached hydrogens (tertiary/aromatic N) is 1. The molecule has 2 rings (SSSR count). The molecule has 0 saturated heterocycles. The Bertz CT molecular complexity index is 490. The number of nitrogens with two attached hydrogens (primary N) is 1. The number of pyridine rings is 1. The zero-order chi connectivity index (χ0) is 11.4. The molecular weight excluding hydrogens is 226 g/mol. The van der Waals surface area contributed by atoms with Gasteiger partial charge in [-0.05, 0) is 24.3 Å². The van der Waals surface area contributed by atoms with Crippen molar-refractivity contribution < 1.29 is 4.74 Å². The Labute approximate surface area is 98.0 Å². The van der Waals surface area contributed by atoms with Gasteiger partial charge in [-0.15, -0.1) is 0 Å². The average molecular weight is 236 g/mol. The van der Waals surface area contributed by atoms with Gasteiger partial charge in [0.25, 0.3) is 0 Å². The predicted octanol–water partition coefficient (Wildman–Crippen LogP) is 2.81. The number of ether oxygens (including phenoxy) is 1. The third kappa shape index (κ3) is 2.62. The van der Waals surface area contributed by atoms with Crippen LogP contribution >= 0.6 is 11.6 Å². The normalized spacial score (nSPS) is 9.88. The molecule has 0 fully saturated rings. The first-order chi connectivity index (χ1) is 7.78. The van der Waals surface area contributed by atoms with E-state index in [-0.39, 0.29) is 0 Å². The van der Waals surface area contributed by atoms with Crippen LogP contribution in [-0.4, -0.2) is 4.98 Å². The fourth-order valence-electron chi connectivity index (χ4n) is 1.20. The van der Waals surface area contributed by atoms with Crippen LogP contribution in [0.3, 0.4) is 0 Å². The molecule has 0 atom stereocenters. The summed E-state index contributed by atoms with van der Waals surface area (Å²) in [5, 5.41) is 0.616. The van der Waals surface area contributed by atoms with E-state index in [1.807, 2.05) is 6.07 Å². The van der Waals surface area contributed by atoms with E-state index in [1.54, 1.807) is 36.4 Å². The number of nitrogen functional groups attached to an aromatic ring is 1. The summed E-state index contributed by atoms with van der Waals surface area (Å²) >= 11 is 5.84. The molecule has 1 aromatic carbocycles. The maximum absolute atomic E-state index is 5.84. The summed E-state index contributed by atoms with van der Waals surface area (Å²) in [4.78, 5) is 4.11. The van der Waals surface area contributed by atoms with Crippen molar-refractivity contribution in [3.8, 4) is 11.6 Å². The molecule has 0 radical (unpaired) electrons. The Kier molecular flexibility index (Phi) is 3.24. The maximum Gasteiger partial charge on any atom is 0.221 e. The SMILES string of the molecule is NNc1cccc(Oc2cccc(Cl)c2)n1. The van der Waals surface area contributed by atoms with Gasteiger partial charge in [0, 0.05) is 11.1 Å². The maximum atomic E-state index is 5.84. The summed E-state index contributed by atoms with van der Waals surface area (Å²) in [7, 11) is 0. The van der Waals surface area contributed by atoms with E-state index in [4.69, 9.17) is 22.2 Å². The molecule has 0 amide bonds. The van der Waals surface area contributed by atoms with Gasteiger partial charge in [0.1, 0.15) is 11.6 Å². The summed E-state index contributed by atoms with van der Waals surface area (Å²) in [6.45, 7) is 0. The topological polar surface area (TPSA) is 60.2 Å². The van der Waals surface area contributed by atoms with Gasteiger partial charge in [-0.2, -0.15) is 4.98 Å². The van der Waals surface area contributed by atoms with Crippen LogP contribution in [0.15, 0.2) is 42.5 Å². The van der Waals surface area contributed by atoms with E-state index in [1.165, 1.54) is 0 Å². The van der Waals surface area contributed by atoms with Crippen molar-refractivity contribution >= 4 is 17.4 Å². The number of hydrogen-bond acceptors (Lipinski definition) is 4. The number of hydrazine groups is 1. The Morgan fingerprint density at radius 2 is 2.00 bits per heavy atom. The van der Waals surface area contributed by atoms with Crippen LogP contribution in [0.2, 0.25) is 5.02 Å². The molecule has 4 nitrogen and oxygen atoms in total. The van der Waals surface area contributed by atoms with Crippen molar-refractivity contribution in [1.82, 2.24) is 4.98 Å². The van der Waals surface area contributed by atoms with E-state index in [0.29, 0.717) is 22.5 Å². The van der Waals surface area contributed by atoms with Crippen molar-refractivity contribution in [1.29, 1.82) is 0 Å². The Balaban J connectivity index is 2.20. The van der Waals surface area contributed by atoms with Gasteiger partial charge in [0.05, 0.1) is 0 Å². The molecule has 82 valence electrons. The van der Waals surface area contributed by atoms with E-state index >= 15 is 0 Å². The molecule has 1 heterocycles. The number of rotatable bonds is 3. The molecule has 0 aliphatic carbocycles. The Morgan fingerprint density at radius 1 is 1.19 bits per heavy atom. The van der Waals surface area contributed by atoms with Gasteiger partial charge >= 0.3 is 0 Å². The van der Waals surface area contributed by atoms with E-state index in [2.05, 4.69) is 10.4 Å². The summed E-state index contributed by atoms with van der Waals surface area (Å²) in [5.41, 5.74) is 2.45. The van der Waals surface area contributed by atoms with Crippen LogP contribution in [0.4, 0.5) is 5.82 Å². The lowest BCUT2D eigenvalue weighted by Crippen LogP contribution is -2.08. The molecule has 0 aliphatic heterocycles. The first-order valence-electron chi connectivity index (χ1n) is 4.65. The monoisotopic (exact) mass is 235 g/mol.